The van der Waals surface area contributed by atoms with Crippen LogP contribution in [-0.2, 0) is 0 Å². The molecule has 1 aliphatic rings. The maximum absolute atomic E-state index is 10.9. The molecule has 0 unspecified atom stereocenters. The number of ether oxygens (including phenoxy) is 1. The minimum atomic E-state index is -0.573. The second kappa shape index (κ2) is 5.13. The van der Waals surface area contributed by atoms with Crippen LogP contribution in [0.5, 0.6) is 5.88 Å². The minimum Gasteiger partial charge on any atom is -0.476 e. The standard InChI is InChI=1S/C10H14N4O4/c1-18-10-8(14(16)17)9(12-5-13-10)11-4-6-2-7(15)3-6/h5-7,15H,2-4H2,1H3,(H,11,12,13). The number of hydrogen-bond acceptors (Lipinski definition) is 7. The SMILES string of the molecule is COc1ncnc(NCC2CC(O)C2)c1[N+](=O)[O-]. The topological polar surface area (TPSA) is 110 Å². The third-order valence-electron chi connectivity index (χ3n) is 2.93. The molecule has 2 rings (SSSR count). The van der Waals surface area contributed by atoms with Gasteiger partial charge in [-0.15, -0.1) is 0 Å². The first-order valence-electron chi connectivity index (χ1n) is 5.57. The number of aromatic nitrogens is 2. The van der Waals surface area contributed by atoms with Gasteiger partial charge in [0.1, 0.15) is 6.33 Å². The number of nitrogens with one attached hydrogen (secondary N) is 1. The summed E-state index contributed by atoms with van der Waals surface area (Å²) in [7, 11) is 1.32. The Bertz CT molecular complexity index is 448. The van der Waals surface area contributed by atoms with Crippen LogP contribution in [-0.4, -0.2) is 39.8 Å². The number of methoxy groups -OCH3 is 1. The Hall–Kier alpha value is -1.96. The fourth-order valence-electron chi connectivity index (χ4n) is 1.91. The first kappa shape index (κ1) is 12.5. The van der Waals surface area contributed by atoms with Crippen LogP contribution in [0.25, 0.3) is 0 Å². The predicted octanol–water partition coefficient (Wildman–Crippen LogP) is 0.576. The largest absolute Gasteiger partial charge is 0.476 e. The van der Waals surface area contributed by atoms with Gasteiger partial charge in [-0.25, -0.2) is 4.98 Å². The Balaban J connectivity index is 2.09. The molecular weight excluding hydrogens is 240 g/mol. The van der Waals surface area contributed by atoms with Crippen LogP contribution in [0.2, 0.25) is 0 Å². The van der Waals surface area contributed by atoms with Crippen molar-refractivity contribution in [3.63, 3.8) is 0 Å². The van der Waals surface area contributed by atoms with E-state index in [1.807, 2.05) is 0 Å². The maximum Gasteiger partial charge on any atom is 0.372 e. The monoisotopic (exact) mass is 254 g/mol. The molecule has 0 aliphatic heterocycles. The van der Waals surface area contributed by atoms with Crippen molar-refractivity contribution in [1.82, 2.24) is 9.97 Å². The van der Waals surface area contributed by atoms with Gasteiger partial charge in [0.15, 0.2) is 0 Å². The zero-order valence-corrected chi connectivity index (χ0v) is 9.87. The molecule has 8 nitrogen and oxygen atoms in total. The van der Waals surface area contributed by atoms with Crippen LogP contribution >= 0.6 is 0 Å². The lowest BCUT2D eigenvalue weighted by molar-refractivity contribution is -0.385. The van der Waals surface area contributed by atoms with Gasteiger partial charge in [0.25, 0.3) is 5.88 Å². The molecule has 1 aliphatic carbocycles. The average molecular weight is 254 g/mol. The zero-order valence-electron chi connectivity index (χ0n) is 9.87. The van der Waals surface area contributed by atoms with E-state index in [1.54, 1.807) is 0 Å². The molecule has 2 N–H and O–H groups in total. The molecule has 18 heavy (non-hydrogen) atoms. The van der Waals surface area contributed by atoms with Crippen molar-refractivity contribution < 1.29 is 14.8 Å². The van der Waals surface area contributed by atoms with Crippen LogP contribution in [0, 0.1) is 16.0 Å². The molecule has 0 radical (unpaired) electrons. The maximum atomic E-state index is 10.9. The van der Waals surface area contributed by atoms with E-state index in [0.717, 1.165) is 0 Å². The van der Waals surface area contributed by atoms with Crippen molar-refractivity contribution in [2.75, 3.05) is 19.0 Å². The van der Waals surface area contributed by atoms with E-state index in [1.165, 1.54) is 13.4 Å². The summed E-state index contributed by atoms with van der Waals surface area (Å²) in [5, 5.41) is 23.0. The van der Waals surface area contributed by atoms with Crippen molar-refractivity contribution in [1.29, 1.82) is 0 Å². The lowest BCUT2D eigenvalue weighted by Crippen LogP contribution is -2.33. The lowest BCUT2D eigenvalue weighted by Gasteiger charge is -2.31. The fraction of sp³-hybridized carbons (Fsp3) is 0.600. The third kappa shape index (κ3) is 2.48. The summed E-state index contributed by atoms with van der Waals surface area (Å²) in [4.78, 5) is 17.9. The number of rotatable bonds is 5. The molecule has 8 heteroatoms. The number of hydrogen-bond donors (Lipinski definition) is 2. The molecule has 0 amide bonds. The Kier molecular flexibility index (Phi) is 3.56. The van der Waals surface area contributed by atoms with Crippen LogP contribution < -0.4 is 10.1 Å². The lowest BCUT2D eigenvalue weighted by atomic mass is 9.82. The van der Waals surface area contributed by atoms with E-state index in [-0.39, 0.29) is 23.5 Å². The highest BCUT2D eigenvalue weighted by Gasteiger charge is 2.29. The predicted molar refractivity (Wildman–Crippen MR) is 62.5 cm³/mol. The molecule has 98 valence electrons. The highest BCUT2D eigenvalue weighted by molar-refractivity contribution is 5.61. The number of nitro groups is 1. The summed E-state index contributed by atoms with van der Waals surface area (Å²) in [6, 6.07) is 0. The van der Waals surface area contributed by atoms with Gasteiger partial charge < -0.3 is 15.2 Å². The van der Waals surface area contributed by atoms with Crippen LogP contribution in [0.4, 0.5) is 11.5 Å². The molecule has 0 aromatic carbocycles. The van der Waals surface area contributed by atoms with E-state index in [4.69, 9.17) is 9.84 Å². The molecule has 0 bridgehead atoms. The summed E-state index contributed by atoms with van der Waals surface area (Å²) in [5.74, 6) is 0.403. The van der Waals surface area contributed by atoms with Gasteiger partial charge in [0.05, 0.1) is 18.1 Å². The zero-order chi connectivity index (χ0) is 13.1. The van der Waals surface area contributed by atoms with Gasteiger partial charge in [0, 0.05) is 6.54 Å². The summed E-state index contributed by atoms with van der Waals surface area (Å²) >= 11 is 0. The van der Waals surface area contributed by atoms with Crippen molar-refractivity contribution in [2.24, 2.45) is 5.92 Å². The normalized spacial score (nSPS) is 22.1. The summed E-state index contributed by atoms with van der Waals surface area (Å²) in [6.07, 6.45) is 2.39. The number of nitrogens with zero attached hydrogens (tertiary/aromatic N) is 3. The van der Waals surface area contributed by atoms with E-state index in [0.29, 0.717) is 25.3 Å². The quantitative estimate of drug-likeness (QED) is 0.583. The van der Waals surface area contributed by atoms with Gasteiger partial charge in [-0.3, -0.25) is 10.1 Å². The van der Waals surface area contributed by atoms with Crippen molar-refractivity contribution in [2.45, 2.75) is 18.9 Å². The molecule has 1 fully saturated rings. The van der Waals surface area contributed by atoms with Crippen LogP contribution in [0.3, 0.4) is 0 Å². The molecule has 0 spiro atoms. The highest BCUT2D eigenvalue weighted by Crippen LogP contribution is 2.32. The molecule has 1 saturated carbocycles. The van der Waals surface area contributed by atoms with Crippen molar-refractivity contribution in [3.8, 4) is 5.88 Å². The average Bonchev–Trinajstić information content (AvgIpc) is 2.32. The number of aliphatic hydroxyl groups is 1. The number of aliphatic hydroxyl groups excluding tert-OH is 1. The molecule has 0 atom stereocenters. The van der Waals surface area contributed by atoms with Crippen molar-refractivity contribution in [3.05, 3.63) is 16.4 Å². The van der Waals surface area contributed by atoms with Gasteiger partial charge in [-0.2, -0.15) is 4.98 Å². The van der Waals surface area contributed by atoms with E-state index in [2.05, 4.69) is 15.3 Å². The Morgan fingerprint density at radius 3 is 2.89 bits per heavy atom. The Morgan fingerprint density at radius 2 is 2.33 bits per heavy atom. The van der Waals surface area contributed by atoms with Gasteiger partial charge in [0.2, 0.25) is 5.82 Å². The summed E-state index contributed by atoms with van der Waals surface area (Å²) in [5.41, 5.74) is -0.264. The smallest absolute Gasteiger partial charge is 0.372 e. The molecule has 1 aromatic rings. The van der Waals surface area contributed by atoms with E-state index >= 15 is 0 Å². The molecule has 0 saturated heterocycles. The van der Waals surface area contributed by atoms with E-state index < -0.39 is 4.92 Å². The summed E-state index contributed by atoms with van der Waals surface area (Å²) in [6.45, 7) is 0.540. The molecule has 1 aromatic heterocycles. The second-order valence-corrected chi connectivity index (χ2v) is 4.21. The molecular formula is C10H14N4O4. The first-order valence-corrected chi connectivity index (χ1v) is 5.57. The third-order valence-corrected chi connectivity index (χ3v) is 2.93. The van der Waals surface area contributed by atoms with Gasteiger partial charge >= 0.3 is 5.69 Å². The highest BCUT2D eigenvalue weighted by atomic mass is 16.6. The molecule has 1 heterocycles. The van der Waals surface area contributed by atoms with E-state index in [9.17, 15) is 10.1 Å². The van der Waals surface area contributed by atoms with Crippen molar-refractivity contribution >= 4 is 11.5 Å². The first-order chi connectivity index (χ1) is 8.61. The second-order valence-electron chi connectivity index (χ2n) is 4.21. The Morgan fingerprint density at radius 1 is 1.61 bits per heavy atom. The van der Waals surface area contributed by atoms with Crippen LogP contribution in [0.15, 0.2) is 6.33 Å². The minimum absolute atomic E-state index is 0.0638. The Labute approximate surface area is 103 Å². The van der Waals surface area contributed by atoms with Gasteiger partial charge in [-0.1, -0.05) is 0 Å². The number of anilines is 1. The van der Waals surface area contributed by atoms with Gasteiger partial charge in [-0.05, 0) is 18.8 Å². The summed E-state index contributed by atoms with van der Waals surface area (Å²) < 4.78 is 4.84. The fourth-order valence-corrected chi connectivity index (χ4v) is 1.91. The van der Waals surface area contributed by atoms with Crippen LogP contribution in [0.1, 0.15) is 12.8 Å².